The summed E-state index contributed by atoms with van der Waals surface area (Å²) >= 11 is 0. The molecule has 0 aromatic carbocycles. The summed E-state index contributed by atoms with van der Waals surface area (Å²) in [6.45, 7) is 20.8. The highest BCUT2D eigenvalue weighted by molar-refractivity contribution is 4.61. The molecule has 0 aliphatic heterocycles. The van der Waals surface area contributed by atoms with Gasteiger partial charge in [0.25, 0.3) is 0 Å². The van der Waals surface area contributed by atoms with E-state index in [1.54, 1.807) is 0 Å². The van der Waals surface area contributed by atoms with Gasteiger partial charge in [-0.15, -0.1) is 0 Å². The van der Waals surface area contributed by atoms with Gasteiger partial charge >= 0.3 is 0 Å². The molecule has 23 heavy (non-hydrogen) atoms. The van der Waals surface area contributed by atoms with E-state index in [-0.39, 0.29) is 30.5 Å². The summed E-state index contributed by atoms with van der Waals surface area (Å²) in [4.78, 5) is 0. The molecule has 0 fully saturated rings. The molecule has 0 N–H and O–H groups in total. The Labute approximate surface area is 144 Å². The summed E-state index contributed by atoms with van der Waals surface area (Å²) in [6, 6.07) is 0. The largest absolute Gasteiger partial charge is 0.376 e. The van der Waals surface area contributed by atoms with Crippen LogP contribution in [0.5, 0.6) is 0 Å². The number of hydrogen-bond acceptors (Lipinski definition) is 4. The second-order valence-electron chi connectivity index (χ2n) is 7.47. The van der Waals surface area contributed by atoms with Crippen molar-refractivity contribution in [2.75, 3.05) is 19.8 Å². The van der Waals surface area contributed by atoms with Crippen LogP contribution in [0.4, 0.5) is 0 Å². The van der Waals surface area contributed by atoms with E-state index in [2.05, 4.69) is 48.5 Å². The maximum Gasteiger partial charge on any atom is 0.0784 e. The lowest BCUT2D eigenvalue weighted by molar-refractivity contribution is -0.101. The van der Waals surface area contributed by atoms with E-state index in [9.17, 15) is 0 Å². The molecule has 0 aliphatic rings. The van der Waals surface area contributed by atoms with E-state index < -0.39 is 0 Å². The van der Waals surface area contributed by atoms with Crippen LogP contribution in [0.3, 0.4) is 0 Å². The monoisotopic (exact) mass is 332 g/mol. The molecule has 5 unspecified atom stereocenters. The van der Waals surface area contributed by atoms with Crippen molar-refractivity contribution in [2.24, 2.45) is 11.8 Å². The molecule has 4 heteroatoms. The van der Waals surface area contributed by atoms with Crippen molar-refractivity contribution in [3.8, 4) is 0 Å². The third-order valence-corrected chi connectivity index (χ3v) is 4.15. The van der Waals surface area contributed by atoms with Gasteiger partial charge in [0.05, 0.1) is 50.3 Å². The van der Waals surface area contributed by atoms with Gasteiger partial charge in [0, 0.05) is 0 Å². The third-order valence-electron chi connectivity index (χ3n) is 4.15. The lowest BCUT2D eigenvalue weighted by Gasteiger charge is -2.24. The van der Waals surface area contributed by atoms with Crippen molar-refractivity contribution < 1.29 is 18.9 Å². The van der Waals surface area contributed by atoms with Crippen molar-refractivity contribution in [1.29, 1.82) is 0 Å². The van der Waals surface area contributed by atoms with Gasteiger partial charge in [0.2, 0.25) is 0 Å². The maximum atomic E-state index is 5.89. The lowest BCUT2D eigenvalue weighted by Crippen LogP contribution is -2.30. The maximum absolute atomic E-state index is 5.89. The van der Waals surface area contributed by atoms with Gasteiger partial charge in [-0.2, -0.15) is 0 Å². The number of rotatable bonds is 13. The van der Waals surface area contributed by atoms with Crippen LogP contribution in [-0.2, 0) is 18.9 Å². The molecule has 140 valence electrons. The Morgan fingerprint density at radius 3 is 1.30 bits per heavy atom. The first-order valence-corrected chi connectivity index (χ1v) is 9.13. The van der Waals surface area contributed by atoms with Gasteiger partial charge in [0.15, 0.2) is 0 Å². The normalized spacial score (nSPS) is 18.9. The molecule has 0 aromatic heterocycles. The fourth-order valence-corrected chi connectivity index (χ4v) is 1.74. The predicted octanol–water partition coefficient (Wildman–Crippen LogP) is 4.31. The molecule has 0 bridgehead atoms. The summed E-state index contributed by atoms with van der Waals surface area (Å²) in [6.07, 6.45) is 0.746. The molecular formula is C19H40O4. The average Bonchev–Trinajstić information content (AvgIpc) is 2.47. The van der Waals surface area contributed by atoms with Crippen molar-refractivity contribution in [1.82, 2.24) is 0 Å². The molecule has 0 radical (unpaired) electrons. The summed E-state index contributed by atoms with van der Waals surface area (Å²) in [5, 5.41) is 0. The zero-order valence-corrected chi connectivity index (χ0v) is 16.8. The molecule has 0 aliphatic carbocycles. The van der Waals surface area contributed by atoms with Crippen molar-refractivity contribution >= 4 is 0 Å². The molecule has 0 saturated carbocycles. The SMILES string of the molecule is CC(COC(C)COC(C)C(C)C)OCC(C)OC(C)C(C)C. The Kier molecular flexibility index (Phi) is 12.2. The highest BCUT2D eigenvalue weighted by Crippen LogP contribution is 2.10. The quantitative estimate of drug-likeness (QED) is 0.504. The first kappa shape index (κ1) is 22.8. The van der Waals surface area contributed by atoms with Crippen LogP contribution < -0.4 is 0 Å². The lowest BCUT2D eigenvalue weighted by atomic mass is 10.1. The molecule has 0 heterocycles. The Morgan fingerprint density at radius 1 is 0.478 bits per heavy atom. The molecule has 5 atom stereocenters. The molecule has 0 rings (SSSR count). The van der Waals surface area contributed by atoms with Crippen LogP contribution in [0.1, 0.15) is 62.3 Å². The Hall–Kier alpha value is -0.160. The van der Waals surface area contributed by atoms with Gasteiger partial charge in [-0.1, -0.05) is 27.7 Å². The minimum Gasteiger partial charge on any atom is -0.376 e. The van der Waals surface area contributed by atoms with Crippen molar-refractivity contribution in [3.05, 3.63) is 0 Å². The minimum atomic E-state index is 0.0559. The van der Waals surface area contributed by atoms with Crippen molar-refractivity contribution in [3.63, 3.8) is 0 Å². The fraction of sp³-hybridized carbons (Fsp3) is 1.00. The Morgan fingerprint density at radius 2 is 0.870 bits per heavy atom. The summed E-state index contributed by atoms with van der Waals surface area (Å²) in [5.74, 6) is 1.05. The Balaban J connectivity index is 3.79. The van der Waals surface area contributed by atoms with Gasteiger partial charge in [0.1, 0.15) is 0 Å². The van der Waals surface area contributed by atoms with Gasteiger partial charge in [-0.3, -0.25) is 0 Å². The Bertz CT molecular complexity index is 281. The summed E-state index contributed by atoms with van der Waals surface area (Å²) in [7, 11) is 0. The van der Waals surface area contributed by atoms with E-state index in [1.807, 2.05) is 13.8 Å². The van der Waals surface area contributed by atoms with Gasteiger partial charge in [-0.05, 0) is 46.5 Å². The van der Waals surface area contributed by atoms with E-state index in [1.165, 1.54) is 0 Å². The van der Waals surface area contributed by atoms with E-state index in [4.69, 9.17) is 18.9 Å². The molecule has 0 spiro atoms. The average molecular weight is 333 g/mol. The number of hydrogen-bond donors (Lipinski definition) is 0. The van der Waals surface area contributed by atoms with Crippen LogP contribution in [0.25, 0.3) is 0 Å². The molecular weight excluding hydrogens is 292 g/mol. The topological polar surface area (TPSA) is 36.9 Å². The van der Waals surface area contributed by atoms with Crippen LogP contribution in [-0.4, -0.2) is 50.3 Å². The molecule has 4 nitrogen and oxygen atoms in total. The van der Waals surface area contributed by atoms with Crippen LogP contribution >= 0.6 is 0 Å². The second-order valence-corrected chi connectivity index (χ2v) is 7.47. The standard InChI is InChI=1S/C19H40O4/c1-13(2)18(8)22-11-16(6)20-10-15(5)21-12-17(7)23-19(9)14(3)4/h13-19H,10-12H2,1-9H3. The molecule has 0 saturated heterocycles. The van der Waals surface area contributed by atoms with Crippen molar-refractivity contribution in [2.45, 2.75) is 92.8 Å². The first-order chi connectivity index (χ1) is 10.6. The van der Waals surface area contributed by atoms with E-state index in [0.29, 0.717) is 31.7 Å². The minimum absolute atomic E-state index is 0.0559. The first-order valence-electron chi connectivity index (χ1n) is 9.13. The second kappa shape index (κ2) is 12.2. The van der Waals surface area contributed by atoms with E-state index in [0.717, 1.165) is 0 Å². The predicted molar refractivity (Wildman–Crippen MR) is 95.9 cm³/mol. The third kappa shape index (κ3) is 11.9. The zero-order valence-electron chi connectivity index (χ0n) is 16.8. The summed E-state index contributed by atoms with van der Waals surface area (Å²) < 4.78 is 23.3. The smallest absolute Gasteiger partial charge is 0.0784 e. The number of ether oxygens (including phenoxy) is 4. The van der Waals surface area contributed by atoms with E-state index >= 15 is 0 Å². The van der Waals surface area contributed by atoms with Crippen LogP contribution in [0.2, 0.25) is 0 Å². The van der Waals surface area contributed by atoms with Gasteiger partial charge in [-0.25, -0.2) is 0 Å². The summed E-state index contributed by atoms with van der Waals surface area (Å²) in [5.41, 5.74) is 0. The van der Waals surface area contributed by atoms with Crippen LogP contribution in [0, 0.1) is 11.8 Å². The van der Waals surface area contributed by atoms with Gasteiger partial charge < -0.3 is 18.9 Å². The molecule has 0 amide bonds. The van der Waals surface area contributed by atoms with Crippen LogP contribution in [0.15, 0.2) is 0 Å². The fourth-order valence-electron chi connectivity index (χ4n) is 1.74. The zero-order chi connectivity index (χ0) is 18.0. The highest BCUT2D eigenvalue weighted by Gasteiger charge is 2.15. The highest BCUT2D eigenvalue weighted by atomic mass is 16.6. The molecule has 0 aromatic rings.